The Morgan fingerprint density at radius 2 is 0.585 bits per heavy atom. The normalized spacial score (nSPS) is 12.4. The first kappa shape index (κ1) is 58.4. The monoisotopic (exact) mass is 891 g/mol. The smallest absolute Gasteiger partial charge is 0.0665 e. The minimum atomic E-state index is 0.985. The molecule has 2 aromatic carbocycles. The fourth-order valence-corrected chi connectivity index (χ4v) is 9.23. The standard InChI is InChI=1S/C63H106N2/c1-5-9-13-15-17-19-21-23-25-27-29-31-33-35-37-39-41-44-50-58-52-46-48-55-60(58)64-62(54-12-8-4)63(57-43-11-7-3)65-61-56-49-47-53-59(61)51-45-42-40-38-36-34-32-30-28-26-24-22-20-18-16-14-10-6-2/h39-42,46-49,52-53,55-56H,5-38,43-45,50-51,54,57H2,1-4H3/b41-39+,42-40+,64-62?,65-63?. The molecule has 0 aliphatic rings. The molecule has 0 spiro atoms. The lowest BCUT2D eigenvalue weighted by atomic mass is 10.0. The molecule has 2 aromatic rings. The summed E-state index contributed by atoms with van der Waals surface area (Å²) in [5.41, 5.74) is 7.40. The largest absolute Gasteiger partial charge is 0.251 e. The third-order valence-corrected chi connectivity index (χ3v) is 13.6. The zero-order valence-electron chi connectivity index (χ0n) is 43.8. The van der Waals surface area contributed by atoms with Crippen LogP contribution in [0.4, 0.5) is 11.4 Å². The summed E-state index contributed by atoms with van der Waals surface area (Å²) in [6.07, 6.45) is 64.1. The van der Waals surface area contributed by atoms with Crippen molar-refractivity contribution in [1.82, 2.24) is 0 Å². The lowest BCUT2D eigenvalue weighted by Gasteiger charge is -2.14. The van der Waals surface area contributed by atoms with Gasteiger partial charge in [0.25, 0.3) is 0 Å². The van der Waals surface area contributed by atoms with E-state index in [0.29, 0.717) is 0 Å². The summed E-state index contributed by atoms with van der Waals surface area (Å²) in [5.74, 6) is 0. The molecular weight excluding hydrogens is 785 g/mol. The molecule has 2 rings (SSSR count). The Labute approximate surface area is 406 Å². The van der Waals surface area contributed by atoms with E-state index in [1.807, 2.05) is 0 Å². The predicted molar refractivity (Wildman–Crippen MR) is 296 cm³/mol. The molecule has 65 heavy (non-hydrogen) atoms. The van der Waals surface area contributed by atoms with Crippen molar-refractivity contribution < 1.29 is 0 Å². The van der Waals surface area contributed by atoms with Gasteiger partial charge in [-0.1, -0.05) is 275 Å². The van der Waals surface area contributed by atoms with Crippen LogP contribution in [0, 0.1) is 0 Å². The molecule has 0 atom stereocenters. The average molecular weight is 892 g/mol. The molecule has 0 saturated heterocycles. The summed E-state index contributed by atoms with van der Waals surface area (Å²) in [7, 11) is 0. The van der Waals surface area contributed by atoms with Crippen LogP contribution in [-0.2, 0) is 12.8 Å². The van der Waals surface area contributed by atoms with E-state index in [4.69, 9.17) is 9.98 Å². The number of aryl methyl sites for hydroxylation is 2. The molecule has 0 aliphatic heterocycles. The Kier molecular flexibility index (Phi) is 40.5. The molecule has 368 valence electrons. The minimum Gasteiger partial charge on any atom is -0.251 e. The molecule has 0 bridgehead atoms. The maximum absolute atomic E-state index is 5.51. The van der Waals surface area contributed by atoms with E-state index in [1.54, 1.807) is 0 Å². The van der Waals surface area contributed by atoms with Crippen molar-refractivity contribution in [3.8, 4) is 0 Å². The molecule has 0 N–H and O–H groups in total. The van der Waals surface area contributed by atoms with E-state index in [-0.39, 0.29) is 0 Å². The van der Waals surface area contributed by atoms with Crippen LogP contribution in [0.15, 0.2) is 82.8 Å². The third-order valence-electron chi connectivity index (χ3n) is 13.6. The summed E-state index contributed by atoms with van der Waals surface area (Å²) < 4.78 is 0. The molecule has 0 fully saturated rings. The summed E-state index contributed by atoms with van der Waals surface area (Å²) in [6, 6.07) is 17.8. The fourth-order valence-electron chi connectivity index (χ4n) is 9.23. The van der Waals surface area contributed by atoms with Crippen molar-refractivity contribution in [2.75, 3.05) is 0 Å². The van der Waals surface area contributed by atoms with Crippen LogP contribution in [0.2, 0.25) is 0 Å². The van der Waals surface area contributed by atoms with E-state index < -0.39 is 0 Å². The van der Waals surface area contributed by atoms with Gasteiger partial charge in [0.1, 0.15) is 0 Å². The number of aliphatic imine (C=N–C) groups is 2. The van der Waals surface area contributed by atoms with Crippen molar-refractivity contribution >= 4 is 22.8 Å². The Morgan fingerprint density at radius 1 is 0.308 bits per heavy atom. The zero-order valence-corrected chi connectivity index (χ0v) is 43.8. The van der Waals surface area contributed by atoms with Gasteiger partial charge in [-0.15, -0.1) is 0 Å². The zero-order chi connectivity index (χ0) is 46.4. The van der Waals surface area contributed by atoms with E-state index >= 15 is 0 Å². The van der Waals surface area contributed by atoms with E-state index in [0.717, 1.165) is 69.2 Å². The second-order valence-electron chi connectivity index (χ2n) is 19.7. The lowest BCUT2D eigenvalue weighted by Crippen LogP contribution is -2.15. The number of rotatable bonds is 46. The average Bonchev–Trinajstić information content (AvgIpc) is 3.32. The van der Waals surface area contributed by atoms with Crippen molar-refractivity contribution in [3.63, 3.8) is 0 Å². The highest BCUT2D eigenvalue weighted by molar-refractivity contribution is 6.43. The van der Waals surface area contributed by atoms with Crippen LogP contribution >= 0.6 is 0 Å². The number of hydrogen-bond acceptors (Lipinski definition) is 2. The van der Waals surface area contributed by atoms with Crippen molar-refractivity contribution in [2.24, 2.45) is 9.98 Å². The van der Waals surface area contributed by atoms with Gasteiger partial charge < -0.3 is 0 Å². The number of allylic oxidation sites excluding steroid dienone is 4. The van der Waals surface area contributed by atoms with E-state index in [2.05, 4.69) is 101 Å². The molecule has 0 aliphatic carbocycles. The maximum atomic E-state index is 5.51. The topological polar surface area (TPSA) is 24.7 Å². The Balaban J connectivity index is 1.85. The molecule has 0 heterocycles. The number of benzene rings is 2. The van der Waals surface area contributed by atoms with Crippen LogP contribution in [0.3, 0.4) is 0 Å². The van der Waals surface area contributed by atoms with Gasteiger partial charge in [-0.25, -0.2) is 0 Å². The molecular formula is C63H106N2. The number of hydrogen-bond donors (Lipinski definition) is 0. The number of unbranched alkanes of at least 4 members (excludes halogenated alkanes) is 31. The summed E-state index contributed by atoms with van der Waals surface area (Å²) in [5, 5.41) is 0. The Morgan fingerprint density at radius 3 is 0.938 bits per heavy atom. The van der Waals surface area contributed by atoms with E-state index in [9.17, 15) is 0 Å². The summed E-state index contributed by atoms with van der Waals surface area (Å²) in [4.78, 5) is 11.0. The van der Waals surface area contributed by atoms with Crippen LogP contribution in [0.1, 0.15) is 289 Å². The molecule has 0 radical (unpaired) electrons. The van der Waals surface area contributed by atoms with Crippen molar-refractivity contribution in [2.45, 2.75) is 291 Å². The van der Waals surface area contributed by atoms with Crippen LogP contribution in [0.5, 0.6) is 0 Å². The lowest BCUT2D eigenvalue weighted by molar-refractivity contribution is 0.536. The van der Waals surface area contributed by atoms with Gasteiger partial charge in [-0.3, -0.25) is 9.98 Å². The van der Waals surface area contributed by atoms with E-state index in [1.165, 1.54) is 228 Å². The van der Waals surface area contributed by atoms with Gasteiger partial charge in [0.05, 0.1) is 22.8 Å². The SMILES string of the molecule is CCCCCCCCCCCCCCCC/C=C/CCc1ccccc1N=C(CCCC)C(CCCCC)=Nc1ccccc1CC/C=C/CCCCCCCCCCCCCCCC. The Bertz CT molecular complexity index is 1460. The van der Waals surface area contributed by atoms with Crippen molar-refractivity contribution in [1.29, 1.82) is 0 Å². The maximum Gasteiger partial charge on any atom is 0.0665 e. The first-order valence-electron chi connectivity index (χ1n) is 28.8. The second kappa shape index (κ2) is 45.1. The van der Waals surface area contributed by atoms with Gasteiger partial charge >= 0.3 is 0 Å². The van der Waals surface area contributed by atoms with Gasteiger partial charge in [0.2, 0.25) is 0 Å². The molecule has 0 unspecified atom stereocenters. The quantitative estimate of drug-likeness (QED) is 0.0359. The highest BCUT2D eigenvalue weighted by Crippen LogP contribution is 2.26. The molecule has 0 saturated carbocycles. The summed E-state index contributed by atoms with van der Waals surface area (Å²) in [6.45, 7) is 9.21. The predicted octanol–water partition coefficient (Wildman–Crippen LogP) is 22.0. The fraction of sp³-hybridized carbons (Fsp3) is 0.714. The van der Waals surface area contributed by atoms with Crippen LogP contribution in [-0.4, -0.2) is 11.4 Å². The molecule has 0 aromatic heterocycles. The highest BCUT2D eigenvalue weighted by Gasteiger charge is 2.13. The Hall–Kier alpha value is -2.74. The summed E-state index contributed by atoms with van der Waals surface area (Å²) >= 11 is 0. The molecule has 2 nitrogen and oxygen atoms in total. The molecule has 0 amide bonds. The second-order valence-corrected chi connectivity index (χ2v) is 19.7. The first-order valence-corrected chi connectivity index (χ1v) is 28.8. The van der Waals surface area contributed by atoms with Gasteiger partial charge in [-0.05, 0) is 100 Å². The van der Waals surface area contributed by atoms with Gasteiger partial charge in [0.15, 0.2) is 0 Å². The van der Waals surface area contributed by atoms with Crippen molar-refractivity contribution in [3.05, 3.63) is 84.0 Å². The third kappa shape index (κ3) is 33.4. The van der Waals surface area contributed by atoms with Crippen LogP contribution in [0.25, 0.3) is 0 Å². The van der Waals surface area contributed by atoms with Gasteiger partial charge in [-0.2, -0.15) is 0 Å². The first-order chi connectivity index (χ1) is 32.2. The minimum absolute atomic E-state index is 0.985. The number of nitrogens with zero attached hydrogens (tertiary/aromatic N) is 2. The van der Waals surface area contributed by atoms with Gasteiger partial charge in [0, 0.05) is 0 Å². The molecule has 2 heteroatoms. The highest BCUT2D eigenvalue weighted by atomic mass is 14.8. The number of para-hydroxylation sites is 2. The van der Waals surface area contributed by atoms with Crippen LogP contribution < -0.4 is 0 Å².